The first kappa shape index (κ1) is 12.3. The van der Waals surface area contributed by atoms with Gasteiger partial charge in [0.05, 0.1) is 17.2 Å². The predicted octanol–water partition coefficient (Wildman–Crippen LogP) is 1.62. The molecule has 0 spiro atoms. The van der Waals surface area contributed by atoms with Crippen LogP contribution < -0.4 is 10.2 Å². The number of benzene rings is 1. The topological polar surface area (TPSA) is 49.4 Å². The number of hydrogen-bond donors (Lipinski definition) is 2. The lowest BCUT2D eigenvalue weighted by molar-refractivity contribution is -0.123. The van der Waals surface area contributed by atoms with Crippen molar-refractivity contribution in [3.8, 4) is 0 Å². The van der Waals surface area contributed by atoms with Gasteiger partial charge in [0.15, 0.2) is 0 Å². The van der Waals surface area contributed by atoms with Gasteiger partial charge in [-0.2, -0.15) is 12.6 Å². The van der Waals surface area contributed by atoms with Crippen molar-refractivity contribution in [2.75, 3.05) is 28.8 Å². The smallest absolute Gasteiger partial charge is 0.244 e. The number of amides is 2. The molecule has 2 amide bonds. The Kier molecular flexibility index (Phi) is 3.63. The fourth-order valence-corrected chi connectivity index (χ4v) is 2.66. The molecule has 0 radical (unpaired) electrons. The Morgan fingerprint density at radius 3 is 3.00 bits per heavy atom. The minimum Gasteiger partial charge on any atom is -0.388 e. The minimum atomic E-state index is -0.284. The molecule has 0 aromatic heterocycles. The van der Waals surface area contributed by atoms with Gasteiger partial charge in [0.25, 0.3) is 0 Å². The molecule has 6 heteroatoms. The third kappa shape index (κ3) is 2.28. The van der Waals surface area contributed by atoms with Crippen LogP contribution in [0.5, 0.6) is 0 Å². The highest BCUT2D eigenvalue weighted by Gasteiger charge is 2.29. The second-order valence-corrected chi connectivity index (χ2v) is 4.84. The van der Waals surface area contributed by atoms with Gasteiger partial charge in [0.1, 0.15) is 0 Å². The van der Waals surface area contributed by atoms with E-state index >= 15 is 0 Å². The maximum absolute atomic E-state index is 11.8. The largest absolute Gasteiger partial charge is 0.388 e. The van der Waals surface area contributed by atoms with Crippen molar-refractivity contribution >= 4 is 47.6 Å². The highest BCUT2D eigenvalue weighted by atomic mass is 32.2. The third-order valence-corrected chi connectivity index (χ3v) is 3.79. The minimum absolute atomic E-state index is 0.0274. The van der Waals surface area contributed by atoms with E-state index in [0.717, 1.165) is 10.6 Å². The summed E-state index contributed by atoms with van der Waals surface area (Å²) in [6, 6.07) is 5.64. The number of anilines is 2. The zero-order valence-electron chi connectivity index (χ0n) is 9.27. The number of hydrogen-bond acceptors (Lipinski definition) is 5. The van der Waals surface area contributed by atoms with Gasteiger partial charge in [-0.15, -0.1) is 11.8 Å². The number of nitrogens with zero attached hydrogens (tertiary/aromatic N) is 1. The van der Waals surface area contributed by atoms with Gasteiger partial charge in [-0.25, -0.2) is 4.90 Å². The number of nitrogens with one attached hydrogen (secondary N) is 1. The molecule has 90 valence electrons. The van der Waals surface area contributed by atoms with Crippen LogP contribution in [0, 0.1) is 0 Å². The Morgan fingerprint density at radius 2 is 2.35 bits per heavy atom. The molecule has 1 aromatic rings. The summed E-state index contributed by atoms with van der Waals surface area (Å²) in [6.07, 6.45) is 0. The van der Waals surface area contributed by atoms with Crippen molar-refractivity contribution in [2.45, 2.75) is 4.90 Å². The quantitative estimate of drug-likeness (QED) is 0.800. The molecule has 0 aliphatic carbocycles. The Bertz CT molecular complexity index is 477. The van der Waals surface area contributed by atoms with Gasteiger partial charge in [0.2, 0.25) is 11.8 Å². The van der Waals surface area contributed by atoms with Crippen LogP contribution in [0.15, 0.2) is 23.1 Å². The molecule has 1 heterocycles. The fourth-order valence-electron chi connectivity index (χ4n) is 1.65. The third-order valence-electron chi connectivity index (χ3n) is 2.47. The lowest BCUT2D eigenvalue weighted by Gasteiger charge is -2.27. The molecule has 4 nitrogen and oxygen atoms in total. The molecule has 0 saturated heterocycles. The van der Waals surface area contributed by atoms with Crippen LogP contribution in [-0.2, 0) is 9.59 Å². The van der Waals surface area contributed by atoms with Gasteiger partial charge in [0, 0.05) is 17.6 Å². The van der Waals surface area contributed by atoms with Gasteiger partial charge in [-0.3, -0.25) is 9.59 Å². The van der Waals surface area contributed by atoms with E-state index in [0.29, 0.717) is 11.4 Å². The highest BCUT2D eigenvalue weighted by molar-refractivity contribution is 8.00. The summed E-state index contributed by atoms with van der Waals surface area (Å²) in [4.78, 5) is 25.7. The van der Waals surface area contributed by atoms with E-state index in [9.17, 15) is 9.59 Å². The second-order valence-electron chi connectivity index (χ2n) is 3.50. The Morgan fingerprint density at radius 1 is 1.59 bits per heavy atom. The molecule has 1 N–H and O–H groups in total. The number of thioether (sulfide) groups is 1. The lowest BCUT2D eigenvalue weighted by Crippen LogP contribution is -2.41. The van der Waals surface area contributed by atoms with Crippen LogP contribution in [0.3, 0.4) is 0 Å². The van der Waals surface area contributed by atoms with Crippen molar-refractivity contribution in [2.24, 2.45) is 0 Å². The predicted molar refractivity (Wildman–Crippen MR) is 73.1 cm³/mol. The average molecular weight is 268 g/mol. The number of carbonyl (C=O) groups is 2. The summed E-state index contributed by atoms with van der Waals surface area (Å²) in [5, 5.41) is 2.99. The maximum Gasteiger partial charge on any atom is 0.244 e. The number of carbonyl (C=O) groups excluding carboxylic acids is 2. The summed E-state index contributed by atoms with van der Waals surface area (Å²) in [5.41, 5.74) is 1.52. The molecule has 1 aliphatic rings. The van der Waals surface area contributed by atoms with E-state index < -0.39 is 0 Å². The standard InChI is InChI=1S/C11H12N2O2S2/c1-12-7-2-3-9-8(4-7)13(10(14)5-16)11(15)6-17-9/h2-4,12,16H,5-6H2,1H3. The number of imide groups is 1. The fraction of sp³-hybridized carbons (Fsp3) is 0.273. The van der Waals surface area contributed by atoms with Crippen LogP contribution in [0.4, 0.5) is 11.4 Å². The van der Waals surface area contributed by atoms with Crippen LogP contribution in [0.1, 0.15) is 0 Å². The number of fused-ring (bicyclic) bond motifs is 1. The van der Waals surface area contributed by atoms with Crippen molar-refractivity contribution in [1.29, 1.82) is 0 Å². The van der Waals surface area contributed by atoms with Crippen LogP contribution >= 0.6 is 24.4 Å². The van der Waals surface area contributed by atoms with E-state index in [1.165, 1.54) is 16.7 Å². The molecule has 1 aromatic carbocycles. The number of rotatable bonds is 2. The molecular weight excluding hydrogens is 256 g/mol. The highest BCUT2D eigenvalue weighted by Crippen LogP contribution is 2.37. The van der Waals surface area contributed by atoms with E-state index in [-0.39, 0.29) is 17.6 Å². The molecule has 0 bridgehead atoms. The van der Waals surface area contributed by atoms with E-state index in [1.807, 2.05) is 12.1 Å². The maximum atomic E-state index is 11.8. The summed E-state index contributed by atoms with van der Waals surface area (Å²) in [6.45, 7) is 0. The SMILES string of the molecule is CNc1ccc2c(c1)N(C(=O)CS)C(=O)CS2. The first-order chi connectivity index (χ1) is 8.17. The molecule has 0 atom stereocenters. The summed E-state index contributed by atoms with van der Waals surface area (Å²) in [7, 11) is 1.80. The van der Waals surface area contributed by atoms with Gasteiger partial charge >= 0.3 is 0 Å². The van der Waals surface area contributed by atoms with Gasteiger partial charge in [-0.05, 0) is 18.2 Å². The Labute approximate surface area is 109 Å². The van der Waals surface area contributed by atoms with E-state index in [4.69, 9.17) is 0 Å². The van der Waals surface area contributed by atoms with Crippen LogP contribution in [-0.4, -0.2) is 30.4 Å². The normalized spacial score (nSPS) is 14.5. The van der Waals surface area contributed by atoms with Gasteiger partial charge in [-0.1, -0.05) is 0 Å². The monoisotopic (exact) mass is 268 g/mol. The van der Waals surface area contributed by atoms with E-state index in [1.54, 1.807) is 13.1 Å². The summed E-state index contributed by atoms with van der Waals surface area (Å²) >= 11 is 5.39. The molecule has 2 rings (SSSR count). The molecule has 17 heavy (non-hydrogen) atoms. The van der Waals surface area contributed by atoms with Crippen LogP contribution in [0.25, 0.3) is 0 Å². The first-order valence-corrected chi connectivity index (χ1v) is 6.70. The molecule has 0 fully saturated rings. The zero-order valence-corrected chi connectivity index (χ0v) is 11.0. The second kappa shape index (κ2) is 5.01. The summed E-state index contributed by atoms with van der Waals surface area (Å²) in [5.74, 6) is -0.145. The molecule has 1 aliphatic heterocycles. The lowest BCUT2D eigenvalue weighted by atomic mass is 10.2. The molecule has 0 unspecified atom stereocenters. The Balaban J connectivity index is 2.48. The van der Waals surface area contributed by atoms with Crippen molar-refractivity contribution in [3.05, 3.63) is 18.2 Å². The summed E-state index contributed by atoms with van der Waals surface area (Å²) < 4.78 is 0. The van der Waals surface area contributed by atoms with Crippen molar-refractivity contribution < 1.29 is 9.59 Å². The van der Waals surface area contributed by atoms with E-state index in [2.05, 4.69) is 17.9 Å². The molecular formula is C11H12N2O2S2. The molecule has 0 saturated carbocycles. The van der Waals surface area contributed by atoms with Crippen molar-refractivity contribution in [1.82, 2.24) is 0 Å². The average Bonchev–Trinajstić information content (AvgIpc) is 2.37. The van der Waals surface area contributed by atoms with Crippen LogP contribution in [0.2, 0.25) is 0 Å². The van der Waals surface area contributed by atoms with Gasteiger partial charge < -0.3 is 5.32 Å². The zero-order chi connectivity index (χ0) is 12.4. The Hall–Kier alpha value is -1.14. The van der Waals surface area contributed by atoms with Crippen molar-refractivity contribution in [3.63, 3.8) is 0 Å². The first-order valence-electron chi connectivity index (χ1n) is 5.08. The number of thiol groups is 1.